The Morgan fingerprint density at radius 1 is 1.12 bits per heavy atom. The fraction of sp³-hybridized carbons (Fsp3) is 0.452. The fourth-order valence-corrected chi connectivity index (χ4v) is 5.89. The number of ether oxygens (including phenoxy) is 2. The van der Waals surface area contributed by atoms with Gasteiger partial charge in [0.1, 0.15) is 23.7 Å². The largest absolute Gasteiger partial charge is 0.494 e. The van der Waals surface area contributed by atoms with Crippen molar-refractivity contribution in [3.8, 4) is 5.75 Å². The third-order valence-electron chi connectivity index (χ3n) is 7.35. The van der Waals surface area contributed by atoms with Gasteiger partial charge >= 0.3 is 5.97 Å². The molecule has 9 heteroatoms. The SMILES string of the molecule is CC1=C(C(=O)OC2CCCCC2)C(c2ccc(OCCC(C)C)cc2)n2nc(SCc3ccccc3F)nc2N1. The number of nitrogens with one attached hydrogen (secondary N) is 1. The first-order valence-electron chi connectivity index (χ1n) is 14.1. The molecule has 2 heterocycles. The molecule has 2 aliphatic rings. The average molecular weight is 565 g/mol. The Labute approximate surface area is 239 Å². The number of carbonyl (C=O) groups excluding carboxylic acids is 1. The zero-order valence-electron chi connectivity index (χ0n) is 23.4. The minimum absolute atomic E-state index is 0.0667. The molecule has 5 rings (SSSR count). The Bertz CT molecular complexity index is 1350. The van der Waals surface area contributed by atoms with Gasteiger partial charge in [-0.15, -0.1) is 5.10 Å². The lowest BCUT2D eigenvalue weighted by molar-refractivity contribution is -0.146. The van der Waals surface area contributed by atoms with Crippen molar-refractivity contribution >= 4 is 23.7 Å². The highest BCUT2D eigenvalue weighted by molar-refractivity contribution is 7.98. The monoisotopic (exact) mass is 564 g/mol. The molecule has 3 aromatic rings. The first kappa shape index (κ1) is 28.2. The van der Waals surface area contributed by atoms with Gasteiger partial charge in [0.25, 0.3) is 0 Å². The first-order valence-corrected chi connectivity index (χ1v) is 15.1. The molecule has 1 aliphatic carbocycles. The average Bonchev–Trinajstić information content (AvgIpc) is 3.35. The maximum atomic E-state index is 14.2. The molecular weight excluding hydrogens is 527 g/mol. The highest BCUT2D eigenvalue weighted by Gasteiger charge is 2.36. The molecule has 0 spiro atoms. The van der Waals surface area contributed by atoms with Crippen LogP contribution < -0.4 is 10.1 Å². The normalized spacial score (nSPS) is 17.5. The third kappa shape index (κ3) is 6.69. The van der Waals surface area contributed by atoms with Crippen molar-refractivity contribution in [2.24, 2.45) is 5.92 Å². The second-order valence-electron chi connectivity index (χ2n) is 10.9. The van der Waals surface area contributed by atoms with Gasteiger partial charge in [-0.05, 0) is 74.3 Å². The molecule has 0 amide bonds. The molecule has 1 atom stereocenters. The Hall–Kier alpha value is -3.33. The summed E-state index contributed by atoms with van der Waals surface area (Å²) in [5, 5.41) is 8.53. The second-order valence-corrected chi connectivity index (χ2v) is 11.8. The second kappa shape index (κ2) is 12.9. The Morgan fingerprint density at radius 2 is 1.88 bits per heavy atom. The molecule has 40 heavy (non-hydrogen) atoms. The van der Waals surface area contributed by atoms with E-state index in [0.717, 1.165) is 43.4 Å². The molecule has 1 aliphatic heterocycles. The van der Waals surface area contributed by atoms with Gasteiger partial charge < -0.3 is 14.8 Å². The van der Waals surface area contributed by atoms with Crippen molar-refractivity contribution in [2.75, 3.05) is 11.9 Å². The summed E-state index contributed by atoms with van der Waals surface area (Å²) in [6.07, 6.45) is 6.03. The van der Waals surface area contributed by atoms with Crippen molar-refractivity contribution in [3.63, 3.8) is 0 Å². The number of fused-ring (bicyclic) bond motifs is 1. The molecule has 1 N–H and O–H groups in total. The van der Waals surface area contributed by atoms with Crippen LogP contribution in [-0.4, -0.2) is 33.4 Å². The van der Waals surface area contributed by atoms with Crippen molar-refractivity contribution in [1.29, 1.82) is 0 Å². The van der Waals surface area contributed by atoms with Crippen LogP contribution in [-0.2, 0) is 15.3 Å². The van der Waals surface area contributed by atoms with Gasteiger partial charge in [-0.25, -0.2) is 13.9 Å². The zero-order valence-corrected chi connectivity index (χ0v) is 24.2. The number of allylic oxidation sites excluding steroid dienone is 1. The smallest absolute Gasteiger partial charge is 0.338 e. The van der Waals surface area contributed by atoms with Crippen molar-refractivity contribution in [3.05, 3.63) is 76.7 Å². The highest BCUT2D eigenvalue weighted by Crippen LogP contribution is 2.38. The molecule has 1 unspecified atom stereocenters. The lowest BCUT2D eigenvalue weighted by atomic mass is 9.95. The van der Waals surface area contributed by atoms with Crippen LogP contribution in [0.5, 0.6) is 5.75 Å². The van der Waals surface area contributed by atoms with Gasteiger partial charge in [-0.2, -0.15) is 4.98 Å². The van der Waals surface area contributed by atoms with Crippen LogP contribution in [0.4, 0.5) is 10.3 Å². The van der Waals surface area contributed by atoms with Gasteiger partial charge in [0.05, 0.1) is 12.2 Å². The van der Waals surface area contributed by atoms with E-state index < -0.39 is 6.04 Å². The molecular formula is C31H37FN4O3S. The number of hydrogen-bond donors (Lipinski definition) is 1. The summed E-state index contributed by atoms with van der Waals surface area (Å²) < 4.78 is 27.9. The lowest BCUT2D eigenvalue weighted by Gasteiger charge is -2.30. The van der Waals surface area contributed by atoms with E-state index in [2.05, 4.69) is 24.1 Å². The van der Waals surface area contributed by atoms with E-state index in [1.54, 1.807) is 16.8 Å². The maximum Gasteiger partial charge on any atom is 0.338 e. The number of anilines is 1. The number of nitrogens with zero attached hydrogens (tertiary/aromatic N) is 3. The Morgan fingerprint density at radius 3 is 2.60 bits per heavy atom. The molecule has 1 saturated carbocycles. The lowest BCUT2D eigenvalue weighted by Crippen LogP contribution is -2.32. The van der Waals surface area contributed by atoms with Crippen LogP contribution in [0.2, 0.25) is 0 Å². The molecule has 0 saturated heterocycles. The van der Waals surface area contributed by atoms with Crippen LogP contribution in [0.25, 0.3) is 0 Å². The Kier molecular flexibility index (Phi) is 9.09. The van der Waals surface area contributed by atoms with Crippen LogP contribution in [0.3, 0.4) is 0 Å². The van der Waals surface area contributed by atoms with Gasteiger partial charge in [-0.3, -0.25) is 0 Å². The van der Waals surface area contributed by atoms with Gasteiger partial charge in [0.15, 0.2) is 0 Å². The molecule has 1 fully saturated rings. The van der Waals surface area contributed by atoms with Gasteiger partial charge in [0.2, 0.25) is 11.1 Å². The maximum absolute atomic E-state index is 14.2. The minimum Gasteiger partial charge on any atom is -0.494 e. The predicted molar refractivity (Wildman–Crippen MR) is 155 cm³/mol. The van der Waals surface area contributed by atoms with Gasteiger partial charge in [0, 0.05) is 11.4 Å². The van der Waals surface area contributed by atoms with E-state index in [1.807, 2.05) is 37.3 Å². The van der Waals surface area contributed by atoms with Crippen molar-refractivity contribution in [2.45, 2.75) is 82.4 Å². The summed E-state index contributed by atoms with van der Waals surface area (Å²) in [7, 11) is 0. The van der Waals surface area contributed by atoms with Crippen LogP contribution in [0, 0.1) is 11.7 Å². The third-order valence-corrected chi connectivity index (χ3v) is 8.24. The number of halogens is 1. The fourth-order valence-electron chi connectivity index (χ4n) is 5.08. The van der Waals surface area contributed by atoms with E-state index in [0.29, 0.717) is 46.2 Å². The first-order chi connectivity index (χ1) is 19.4. The van der Waals surface area contributed by atoms with Crippen molar-refractivity contribution < 1.29 is 18.7 Å². The number of carbonyl (C=O) groups is 1. The standard InChI is InChI=1S/C31H37FN4O3S/c1-20(2)17-18-38-24-15-13-22(14-16-24)28-27(29(37)39-25-10-5-4-6-11-25)21(3)33-30-34-31(35-36(28)30)40-19-23-9-7-8-12-26(23)32/h7-9,12-16,20,25,28H,4-6,10-11,17-19H2,1-3H3,(H,33,34,35). The van der Waals surface area contributed by atoms with E-state index in [-0.39, 0.29) is 17.9 Å². The van der Waals surface area contributed by atoms with Crippen molar-refractivity contribution in [1.82, 2.24) is 14.8 Å². The molecule has 7 nitrogen and oxygen atoms in total. The van der Waals surface area contributed by atoms with E-state index >= 15 is 0 Å². The summed E-state index contributed by atoms with van der Waals surface area (Å²) in [4.78, 5) is 18.3. The number of benzene rings is 2. The molecule has 0 bridgehead atoms. The zero-order chi connectivity index (χ0) is 28.1. The molecule has 1 aromatic heterocycles. The minimum atomic E-state index is -0.521. The topological polar surface area (TPSA) is 78.3 Å². The van der Waals surface area contributed by atoms with Gasteiger partial charge in [-0.1, -0.05) is 62.4 Å². The molecule has 212 valence electrons. The summed E-state index contributed by atoms with van der Waals surface area (Å²) in [5.74, 6) is 1.69. The van der Waals surface area contributed by atoms with Crippen LogP contribution in [0.1, 0.15) is 76.5 Å². The quantitative estimate of drug-likeness (QED) is 0.204. The summed E-state index contributed by atoms with van der Waals surface area (Å²) >= 11 is 1.35. The summed E-state index contributed by atoms with van der Waals surface area (Å²) in [6, 6.07) is 14.0. The molecule has 0 radical (unpaired) electrons. The number of rotatable bonds is 10. The highest BCUT2D eigenvalue weighted by atomic mass is 32.2. The number of esters is 1. The van der Waals surface area contributed by atoms with Crippen LogP contribution in [0.15, 0.2) is 65.0 Å². The Balaban J connectivity index is 1.42. The van der Waals surface area contributed by atoms with E-state index in [4.69, 9.17) is 14.6 Å². The summed E-state index contributed by atoms with van der Waals surface area (Å²) in [6.45, 7) is 6.87. The molecule has 2 aromatic carbocycles. The number of thioether (sulfide) groups is 1. The van der Waals surface area contributed by atoms with Crippen LogP contribution >= 0.6 is 11.8 Å². The van der Waals surface area contributed by atoms with E-state index in [9.17, 15) is 9.18 Å². The predicted octanol–water partition coefficient (Wildman–Crippen LogP) is 7.30. The summed E-state index contributed by atoms with van der Waals surface area (Å²) in [5.41, 5.74) is 2.67. The number of hydrogen-bond acceptors (Lipinski definition) is 7. The van der Waals surface area contributed by atoms with E-state index in [1.165, 1.54) is 24.2 Å². The number of aromatic nitrogens is 3.